The first-order valence-corrected chi connectivity index (χ1v) is 7.08. The Balaban J connectivity index is 1.79. The number of hydrogen-bond donors (Lipinski definition) is 1. The Kier molecular flexibility index (Phi) is 5.50. The quantitative estimate of drug-likeness (QED) is 0.828. The van der Waals surface area contributed by atoms with Gasteiger partial charge in [-0.25, -0.2) is 0 Å². The number of amides is 1. The molecule has 1 N–H and O–H groups in total. The highest BCUT2D eigenvalue weighted by molar-refractivity contribution is 6.30. The number of rotatable bonds is 5. The van der Waals surface area contributed by atoms with Crippen molar-refractivity contribution in [2.75, 3.05) is 13.2 Å². The van der Waals surface area contributed by atoms with Crippen molar-refractivity contribution in [3.63, 3.8) is 0 Å². The highest BCUT2D eigenvalue weighted by Crippen LogP contribution is 2.29. The van der Waals surface area contributed by atoms with E-state index in [0.717, 1.165) is 24.3 Å². The number of benzene rings is 2. The summed E-state index contributed by atoms with van der Waals surface area (Å²) in [6, 6.07) is 10.8. The van der Waals surface area contributed by atoms with E-state index >= 15 is 0 Å². The van der Waals surface area contributed by atoms with Crippen LogP contribution >= 0.6 is 11.6 Å². The van der Waals surface area contributed by atoms with E-state index in [9.17, 15) is 18.0 Å². The van der Waals surface area contributed by atoms with Crippen LogP contribution in [0.15, 0.2) is 48.5 Å². The SMILES string of the molecule is O=C(NCCOc1ccc(Cl)cc1)c1ccc(C(F)(F)F)cc1. The molecule has 0 heterocycles. The molecule has 0 aromatic heterocycles. The molecule has 0 bridgehead atoms. The van der Waals surface area contributed by atoms with E-state index in [1.54, 1.807) is 24.3 Å². The van der Waals surface area contributed by atoms with E-state index in [-0.39, 0.29) is 18.7 Å². The van der Waals surface area contributed by atoms with E-state index in [1.165, 1.54) is 0 Å². The molecule has 0 radical (unpaired) electrons. The normalized spacial score (nSPS) is 11.1. The van der Waals surface area contributed by atoms with Crippen molar-refractivity contribution in [3.8, 4) is 5.75 Å². The Bertz CT molecular complexity index is 655. The Morgan fingerprint density at radius 3 is 2.22 bits per heavy atom. The van der Waals surface area contributed by atoms with E-state index in [2.05, 4.69) is 5.32 Å². The van der Waals surface area contributed by atoms with Gasteiger partial charge in [0, 0.05) is 10.6 Å². The van der Waals surface area contributed by atoms with Gasteiger partial charge >= 0.3 is 6.18 Å². The fourth-order valence-corrected chi connectivity index (χ4v) is 1.90. The summed E-state index contributed by atoms with van der Waals surface area (Å²) in [7, 11) is 0. The first-order valence-electron chi connectivity index (χ1n) is 6.70. The lowest BCUT2D eigenvalue weighted by Gasteiger charge is -2.09. The first kappa shape index (κ1) is 17.1. The van der Waals surface area contributed by atoms with Gasteiger partial charge in [0.15, 0.2) is 0 Å². The molecule has 122 valence electrons. The molecule has 0 aliphatic carbocycles. The summed E-state index contributed by atoms with van der Waals surface area (Å²) in [6.07, 6.45) is -4.42. The van der Waals surface area contributed by atoms with Crippen molar-refractivity contribution < 1.29 is 22.7 Å². The topological polar surface area (TPSA) is 38.3 Å². The number of alkyl halides is 3. The summed E-state index contributed by atoms with van der Waals surface area (Å²) in [5.74, 6) is 0.150. The second-order valence-electron chi connectivity index (χ2n) is 4.63. The van der Waals surface area contributed by atoms with Crippen LogP contribution in [0.2, 0.25) is 5.02 Å². The fourth-order valence-electron chi connectivity index (χ4n) is 1.78. The van der Waals surface area contributed by atoms with Gasteiger partial charge in [-0.05, 0) is 48.5 Å². The molecule has 0 saturated heterocycles. The van der Waals surface area contributed by atoms with Crippen LogP contribution in [0.25, 0.3) is 0 Å². The minimum Gasteiger partial charge on any atom is -0.492 e. The van der Waals surface area contributed by atoms with Gasteiger partial charge in [0.25, 0.3) is 5.91 Å². The smallest absolute Gasteiger partial charge is 0.416 e. The predicted molar refractivity (Wildman–Crippen MR) is 80.7 cm³/mol. The van der Waals surface area contributed by atoms with Gasteiger partial charge in [-0.3, -0.25) is 4.79 Å². The summed E-state index contributed by atoms with van der Waals surface area (Å²) in [5.41, 5.74) is -0.635. The molecule has 2 rings (SSSR count). The van der Waals surface area contributed by atoms with Crippen LogP contribution in [-0.4, -0.2) is 19.1 Å². The molecular weight excluding hydrogens is 331 g/mol. The zero-order valence-corrected chi connectivity index (χ0v) is 12.6. The lowest BCUT2D eigenvalue weighted by Crippen LogP contribution is -2.28. The lowest BCUT2D eigenvalue weighted by atomic mass is 10.1. The molecule has 1 amide bonds. The third-order valence-electron chi connectivity index (χ3n) is 2.94. The minimum absolute atomic E-state index is 0.157. The van der Waals surface area contributed by atoms with Gasteiger partial charge in [0.2, 0.25) is 0 Å². The minimum atomic E-state index is -4.42. The molecule has 23 heavy (non-hydrogen) atoms. The molecule has 3 nitrogen and oxygen atoms in total. The molecule has 0 aliphatic heterocycles. The number of halogens is 4. The number of hydrogen-bond acceptors (Lipinski definition) is 2. The van der Waals surface area contributed by atoms with Crippen LogP contribution < -0.4 is 10.1 Å². The Morgan fingerprint density at radius 2 is 1.65 bits per heavy atom. The number of carbonyl (C=O) groups is 1. The van der Waals surface area contributed by atoms with Crippen LogP contribution in [0.1, 0.15) is 15.9 Å². The summed E-state index contributed by atoms with van der Waals surface area (Å²) in [5, 5.41) is 3.16. The molecule has 0 aliphatic rings. The summed E-state index contributed by atoms with van der Waals surface area (Å²) >= 11 is 5.74. The number of carbonyl (C=O) groups excluding carboxylic acids is 1. The van der Waals surface area contributed by atoms with Crippen molar-refractivity contribution >= 4 is 17.5 Å². The average molecular weight is 344 g/mol. The maximum Gasteiger partial charge on any atom is 0.416 e. The van der Waals surface area contributed by atoms with Gasteiger partial charge < -0.3 is 10.1 Å². The van der Waals surface area contributed by atoms with Gasteiger partial charge in [-0.15, -0.1) is 0 Å². The van der Waals surface area contributed by atoms with E-state index < -0.39 is 17.6 Å². The summed E-state index contributed by atoms with van der Waals surface area (Å²) in [4.78, 5) is 11.8. The second kappa shape index (κ2) is 7.37. The van der Waals surface area contributed by atoms with E-state index in [1.807, 2.05) is 0 Å². The van der Waals surface area contributed by atoms with Gasteiger partial charge in [-0.2, -0.15) is 13.2 Å². The molecule has 0 saturated carbocycles. The van der Waals surface area contributed by atoms with Crippen LogP contribution in [0, 0.1) is 0 Å². The van der Waals surface area contributed by atoms with Crippen LogP contribution in [0.4, 0.5) is 13.2 Å². The van der Waals surface area contributed by atoms with Crippen LogP contribution in [-0.2, 0) is 6.18 Å². The summed E-state index contributed by atoms with van der Waals surface area (Å²) in [6.45, 7) is 0.455. The Labute approximate surface area is 136 Å². The molecule has 2 aromatic carbocycles. The van der Waals surface area contributed by atoms with Gasteiger partial charge in [-0.1, -0.05) is 11.6 Å². The molecule has 0 atom stereocenters. The number of ether oxygens (including phenoxy) is 1. The van der Waals surface area contributed by atoms with Crippen molar-refractivity contribution in [1.29, 1.82) is 0 Å². The lowest BCUT2D eigenvalue weighted by molar-refractivity contribution is -0.137. The largest absolute Gasteiger partial charge is 0.492 e. The van der Waals surface area contributed by atoms with E-state index in [0.29, 0.717) is 10.8 Å². The van der Waals surface area contributed by atoms with Crippen LogP contribution in [0.3, 0.4) is 0 Å². The molecule has 0 fully saturated rings. The third-order valence-corrected chi connectivity index (χ3v) is 3.20. The third kappa shape index (κ3) is 5.17. The molecule has 0 spiro atoms. The van der Waals surface area contributed by atoms with Crippen molar-refractivity contribution in [2.45, 2.75) is 6.18 Å². The first-order chi connectivity index (χ1) is 10.9. The van der Waals surface area contributed by atoms with Crippen molar-refractivity contribution in [3.05, 3.63) is 64.7 Å². The van der Waals surface area contributed by atoms with Crippen molar-refractivity contribution in [2.24, 2.45) is 0 Å². The maximum atomic E-state index is 12.4. The number of nitrogens with one attached hydrogen (secondary N) is 1. The molecule has 2 aromatic rings. The Morgan fingerprint density at radius 1 is 1.04 bits per heavy atom. The fraction of sp³-hybridized carbons (Fsp3) is 0.188. The molecular formula is C16H13ClF3NO2. The monoisotopic (exact) mass is 343 g/mol. The predicted octanol–water partition coefficient (Wildman–Crippen LogP) is 4.17. The molecule has 7 heteroatoms. The van der Waals surface area contributed by atoms with E-state index in [4.69, 9.17) is 16.3 Å². The standard InChI is InChI=1S/C16H13ClF3NO2/c17-13-5-7-14(8-6-13)23-10-9-21-15(22)11-1-3-12(4-2-11)16(18,19)20/h1-8H,9-10H2,(H,21,22). The van der Waals surface area contributed by atoms with Crippen molar-refractivity contribution in [1.82, 2.24) is 5.32 Å². The highest BCUT2D eigenvalue weighted by Gasteiger charge is 2.30. The van der Waals surface area contributed by atoms with Crippen LogP contribution in [0.5, 0.6) is 5.75 Å². The highest BCUT2D eigenvalue weighted by atomic mass is 35.5. The molecule has 0 unspecified atom stereocenters. The van der Waals surface area contributed by atoms with Gasteiger partial charge in [0.05, 0.1) is 12.1 Å². The Hall–Kier alpha value is -2.21. The zero-order valence-electron chi connectivity index (χ0n) is 11.9. The average Bonchev–Trinajstić information content (AvgIpc) is 2.52. The second-order valence-corrected chi connectivity index (χ2v) is 5.07. The zero-order chi connectivity index (χ0) is 16.9. The maximum absolute atomic E-state index is 12.4. The van der Waals surface area contributed by atoms with Gasteiger partial charge in [0.1, 0.15) is 12.4 Å². The summed E-state index contributed by atoms with van der Waals surface area (Å²) < 4.78 is 42.7.